The zero-order chi connectivity index (χ0) is 16.7. The average Bonchev–Trinajstić information content (AvgIpc) is 2.55. The van der Waals surface area contributed by atoms with Crippen molar-refractivity contribution in [1.82, 2.24) is 0 Å². The number of carbonyl (C=O) groups excluding carboxylic acids is 2. The highest BCUT2D eigenvalue weighted by molar-refractivity contribution is 5.86. The molecule has 0 aliphatic heterocycles. The second-order valence-electron chi connectivity index (χ2n) is 3.33. The fourth-order valence-corrected chi connectivity index (χ4v) is 0.947. The van der Waals surface area contributed by atoms with Crippen LogP contribution in [0.2, 0.25) is 0 Å². The number of hydrogen-bond donors (Lipinski definition) is 0. The Labute approximate surface area is 126 Å². The molecule has 1 aromatic carbocycles. The van der Waals surface area contributed by atoms with Gasteiger partial charge in [-0.2, -0.15) is 0 Å². The molecule has 0 atom stereocenters. The van der Waals surface area contributed by atoms with Gasteiger partial charge in [-0.15, -0.1) is 0 Å². The van der Waals surface area contributed by atoms with Crippen LogP contribution in [0.15, 0.2) is 30.3 Å². The quantitative estimate of drug-likeness (QED) is 0.633. The number of benzene rings is 1. The Morgan fingerprint density at radius 3 is 1.76 bits per heavy atom. The maximum Gasteiger partial charge on any atom is 0.330 e. The van der Waals surface area contributed by atoms with Crippen LogP contribution in [0.5, 0.6) is 5.75 Å². The monoisotopic (exact) mass is 296 g/mol. The number of rotatable bonds is 3. The van der Waals surface area contributed by atoms with Gasteiger partial charge in [0.1, 0.15) is 5.75 Å². The number of hydrogen-bond acceptors (Lipinski definition) is 5. The van der Waals surface area contributed by atoms with Gasteiger partial charge in [0.25, 0.3) is 0 Å². The molecule has 0 aromatic heterocycles. The first-order valence-electron chi connectivity index (χ1n) is 6.48. The van der Waals surface area contributed by atoms with Gasteiger partial charge in [0.2, 0.25) is 0 Å². The molecule has 5 heteroatoms. The first kappa shape index (κ1) is 21.0. The SMILES string of the molecule is CC.COC(=O)/C=C/c1ccc(OC)cc1.COC(C)=O. The summed E-state index contributed by atoms with van der Waals surface area (Å²) in [4.78, 5) is 20.4. The Morgan fingerprint density at radius 2 is 1.43 bits per heavy atom. The van der Waals surface area contributed by atoms with Crippen molar-refractivity contribution in [2.75, 3.05) is 21.3 Å². The Morgan fingerprint density at radius 1 is 0.952 bits per heavy atom. The van der Waals surface area contributed by atoms with E-state index in [0.29, 0.717) is 0 Å². The van der Waals surface area contributed by atoms with Crippen LogP contribution in [0, 0.1) is 0 Å². The van der Waals surface area contributed by atoms with Gasteiger partial charge < -0.3 is 14.2 Å². The minimum absolute atomic E-state index is 0.245. The second kappa shape index (κ2) is 14.1. The lowest BCUT2D eigenvalue weighted by atomic mass is 10.2. The van der Waals surface area contributed by atoms with Crippen LogP contribution in [-0.4, -0.2) is 33.3 Å². The molecule has 0 aliphatic carbocycles. The zero-order valence-corrected chi connectivity index (χ0v) is 13.5. The Bertz CT molecular complexity index is 421. The number of ether oxygens (including phenoxy) is 3. The highest BCUT2D eigenvalue weighted by Gasteiger charge is 1.92. The largest absolute Gasteiger partial charge is 0.497 e. The highest BCUT2D eigenvalue weighted by Crippen LogP contribution is 2.12. The predicted octanol–water partition coefficient (Wildman–Crippen LogP) is 3.09. The fraction of sp³-hybridized carbons (Fsp3) is 0.375. The molecule has 1 rings (SSSR count). The van der Waals surface area contributed by atoms with Crippen molar-refractivity contribution in [3.05, 3.63) is 35.9 Å². The van der Waals surface area contributed by atoms with Gasteiger partial charge in [-0.1, -0.05) is 26.0 Å². The molecular formula is C16H24O5. The van der Waals surface area contributed by atoms with Crippen molar-refractivity contribution in [3.8, 4) is 5.75 Å². The van der Waals surface area contributed by atoms with Gasteiger partial charge in [-0.25, -0.2) is 4.79 Å². The van der Waals surface area contributed by atoms with E-state index >= 15 is 0 Å². The van der Waals surface area contributed by atoms with Gasteiger partial charge in [-0.3, -0.25) is 4.79 Å². The third-order valence-electron chi connectivity index (χ3n) is 2.02. The minimum Gasteiger partial charge on any atom is -0.497 e. The molecular weight excluding hydrogens is 272 g/mol. The van der Waals surface area contributed by atoms with Gasteiger partial charge in [-0.05, 0) is 23.8 Å². The van der Waals surface area contributed by atoms with Crippen molar-refractivity contribution in [3.63, 3.8) is 0 Å². The third-order valence-corrected chi connectivity index (χ3v) is 2.02. The van der Waals surface area contributed by atoms with Crippen LogP contribution in [-0.2, 0) is 19.1 Å². The van der Waals surface area contributed by atoms with Crippen molar-refractivity contribution in [1.29, 1.82) is 0 Å². The molecule has 0 amide bonds. The van der Waals surface area contributed by atoms with Crippen LogP contribution in [0.3, 0.4) is 0 Å². The molecule has 118 valence electrons. The Kier molecular flexibility index (Phi) is 14.1. The summed E-state index contributed by atoms with van der Waals surface area (Å²) >= 11 is 0. The van der Waals surface area contributed by atoms with Crippen molar-refractivity contribution in [2.45, 2.75) is 20.8 Å². The normalized spacial score (nSPS) is 8.67. The molecule has 0 bridgehead atoms. The molecule has 0 aliphatic rings. The Balaban J connectivity index is 0. The zero-order valence-electron chi connectivity index (χ0n) is 13.5. The number of esters is 2. The molecule has 0 saturated heterocycles. The predicted molar refractivity (Wildman–Crippen MR) is 83.1 cm³/mol. The molecule has 21 heavy (non-hydrogen) atoms. The lowest BCUT2D eigenvalue weighted by Crippen LogP contribution is -1.93. The molecule has 1 aromatic rings. The van der Waals surface area contributed by atoms with Crippen LogP contribution < -0.4 is 4.74 Å². The van der Waals surface area contributed by atoms with Crippen LogP contribution in [0.25, 0.3) is 6.08 Å². The fourth-order valence-electron chi connectivity index (χ4n) is 0.947. The van der Waals surface area contributed by atoms with E-state index < -0.39 is 0 Å². The molecule has 0 unspecified atom stereocenters. The van der Waals surface area contributed by atoms with E-state index in [1.807, 2.05) is 38.1 Å². The van der Waals surface area contributed by atoms with Crippen LogP contribution in [0.4, 0.5) is 0 Å². The molecule has 0 radical (unpaired) electrons. The summed E-state index contributed by atoms with van der Waals surface area (Å²) in [5.74, 6) is 0.186. The molecule has 5 nitrogen and oxygen atoms in total. The van der Waals surface area contributed by atoms with E-state index in [2.05, 4.69) is 9.47 Å². The minimum atomic E-state index is -0.360. The van der Waals surface area contributed by atoms with Crippen molar-refractivity contribution >= 4 is 18.0 Å². The first-order chi connectivity index (χ1) is 10.0. The second-order valence-corrected chi connectivity index (χ2v) is 3.33. The van der Waals surface area contributed by atoms with E-state index in [4.69, 9.17) is 4.74 Å². The summed E-state index contributed by atoms with van der Waals surface area (Å²) in [6.45, 7) is 5.36. The summed E-state index contributed by atoms with van der Waals surface area (Å²) in [5, 5.41) is 0. The molecule has 0 N–H and O–H groups in total. The molecule has 0 fully saturated rings. The lowest BCUT2D eigenvalue weighted by molar-refractivity contribution is -0.138. The van der Waals surface area contributed by atoms with E-state index in [1.165, 1.54) is 27.2 Å². The third kappa shape index (κ3) is 12.5. The number of methoxy groups -OCH3 is 3. The first-order valence-corrected chi connectivity index (χ1v) is 6.48. The van der Waals surface area contributed by atoms with E-state index in [9.17, 15) is 9.59 Å². The van der Waals surface area contributed by atoms with Crippen LogP contribution >= 0.6 is 0 Å². The standard InChI is InChI=1S/C11H12O3.C3H6O2.C2H6/c1-13-10-6-3-9(4-7-10)5-8-11(12)14-2;1-3(4)5-2;1-2/h3-8H,1-2H3;1-2H3;1-2H3/b8-5+;;. The topological polar surface area (TPSA) is 61.8 Å². The maximum atomic E-state index is 10.8. The van der Waals surface area contributed by atoms with Gasteiger partial charge in [0.05, 0.1) is 21.3 Å². The summed E-state index contributed by atoms with van der Waals surface area (Å²) < 4.78 is 13.6. The average molecular weight is 296 g/mol. The van der Waals surface area contributed by atoms with Crippen molar-refractivity contribution < 1.29 is 23.8 Å². The summed E-state index contributed by atoms with van der Waals surface area (Å²) in [7, 11) is 4.31. The summed E-state index contributed by atoms with van der Waals surface area (Å²) in [5.41, 5.74) is 0.927. The molecule has 0 heterocycles. The summed E-state index contributed by atoms with van der Waals surface area (Å²) in [6.07, 6.45) is 3.06. The molecule has 0 saturated carbocycles. The van der Waals surface area contributed by atoms with E-state index in [1.54, 1.807) is 13.2 Å². The van der Waals surface area contributed by atoms with E-state index in [-0.39, 0.29) is 11.9 Å². The van der Waals surface area contributed by atoms with Gasteiger partial charge in [0.15, 0.2) is 0 Å². The highest BCUT2D eigenvalue weighted by atomic mass is 16.5. The van der Waals surface area contributed by atoms with Crippen molar-refractivity contribution in [2.24, 2.45) is 0 Å². The van der Waals surface area contributed by atoms with Crippen LogP contribution in [0.1, 0.15) is 26.3 Å². The van der Waals surface area contributed by atoms with Gasteiger partial charge in [0, 0.05) is 13.0 Å². The molecule has 0 spiro atoms. The smallest absolute Gasteiger partial charge is 0.330 e. The lowest BCUT2D eigenvalue weighted by Gasteiger charge is -1.98. The summed E-state index contributed by atoms with van der Waals surface area (Å²) in [6, 6.07) is 7.38. The van der Waals surface area contributed by atoms with E-state index in [0.717, 1.165) is 11.3 Å². The maximum absolute atomic E-state index is 10.8. The Hall–Kier alpha value is -2.30. The van der Waals surface area contributed by atoms with Gasteiger partial charge >= 0.3 is 11.9 Å². The number of carbonyl (C=O) groups is 2.